The van der Waals surface area contributed by atoms with Gasteiger partial charge in [-0.2, -0.15) is 0 Å². The summed E-state index contributed by atoms with van der Waals surface area (Å²) in [7, 11) is 0. The minimum atomic E-state index is -0.655. The third kappa shape index (κ3) is 2.88. The summed E-state index contributed by atoms with van der Waals surface area (Å²) in [4.78, 5) is 13.3. The van der Waals surface area contributed by atoms with Crippen molar-refractivity contribution >= 4 is 5.97 Å². The number of hydrogen-bond donors (Lipinski definition) is 1. The maximum absolute atomic E-state index is 10.8. The van der Waals surface area contributed by atoms with Gasteiger partial charge in [-0.3, -0.25) is 9.69 Å². The van der Waals surface area contributed by atoms with E-state index in [9.17, 15) is 4.79 Å². The van der Waals surface area contributed by atoms with Crippen LogP contribution in [-0.2, 0) is 4.79 Å². The van der Waals surface area contributed by atoms with Gasteiger partial charge < -0.3 is 5.11 Å². The monoisotopic (exact) mass is 273 g/mol. The summed E-state index contributed by atoms with van der Waals surface area (Å²) >= 11 is 0. The second-order valence-corrected chi connectivity index (χ2v) is 6.29. The third-order valence-electron chi connectivity index (χ3n) is 4.87. The summed E-state index contributed by atoms with van der Waals surface area (Å²) in [6.45, 7) is 1.95. The van der Waals surface area contributed by atoms with Gasteiger partial charge in [-0.05, 0) is 30.2 Å². The molecule has 1 saturated carbocycles. The quantitative estimate of drug-likeness (QED) is 0.916. The van der Waals surface area contributed by atoms with Crippen LogP contribution in [0.1, 0.15) is 43.6 Å². The topological polar surface area (TPSA) is 40.5 Å². The van der Waals surface area contributed by atoms with E-state index in [1.165, 1.54) is 31.2 Å². The zero-order chi connectivity index (χ0) is 13.9. The molecule has 3 nitrogen and oxygen atoms in total. The molecule has 20 heavy (non-hydrogen) atoms. The van der Waals surface area contributed by atoms with E-state index in [1.54, 1.807) is 0 Å². The molecule has 1 aromatic carbocycles. The first kappa shape index (κ1) is 13.6. The van der Waals surface area contributed by atoms with Gasteiger partial charge in [-0.1, -0.05) is 43.2 Å². The number of carboxylic acid groups (broad SMARTS) is 1. The van der Waals surface area contributed by atoms with Gasteiger partial charge in [-0.25, -0.2) is 0 Å². The molecule has 1 aliphatic carbocycles. The highest BCUT2D eigenvalue weighted by Crippen LogP contribution is 2.39. The third-order valence-corrected chi connectivity index (χ3v) is 4.87. The van der Waals surface area contributed by atoms with Gasteiger partial charge in [0.1, 0.15) is 0 Å². The SMILES string of the molecule is O=C(O)CC1CN(C2CCCCC2c2ccccc2)C1. The van der Waals surface area contributed by atoms with Crippen LogP contribution < -0.4 is 0 Å². The van der Waals surface area contributed by atoms with Crippen molar-refractivity contribution in [2.24, 2.45) is 5.92 Å². The molecule has 0 bridgehead atoms. The fourth-order valence-electron chi connectivity index (χ4n) is 3.89. The Balaban J connectivity index is 1.64. The van der Waals surface area contributed by atoms with Gasteiger partial charge in [0.05, 0.1) is 6.42 Å². The van der Waals surface area contributed by atoms with Crippen LogP contribution in [0.15, 0.2) is 30.3 Å². The number of benzene rings is 1. The summed E-state index contributed by atoms with van der Waals surface area (Å²) in [5.74, 6) is 0.347. The van der Waals surface area contributed by atoms with Crippen LogP contribution in [0.2, 0.25) is 0 Å². The van der Waals surface area contributed by atoms with E-state index < -0.39 is 5.97 Å². The molecule has 2 fully saturated rings. The van der Waals surface area contributed by atoms with Gasteiger partial charge >= 0.3 is 5.97 Å². The highest BCUT2D eigenvalue weighted by atomic mass is 16.4. The van der Waals surface area contributed by atoms with Crippen LogP contribution in [0, 0.1) is 5.92 Å². The van der Waals surface area contributed by atoms with Crippen molar-refractivity contribution in [3.05, 3.63) is 35.9 Å². The normalized spacial score (nSPS) is 28.0. The highest BCUT2D eigenvalue weighted by molar-refractivity contribution is 5.67. The van der Waals surface area contributed by atoms with Gasteiger partial charge in [0.25, 0.3) is 0 Å². The number of carbonyl (C=O) groups is 1. The average molecular weight is 273 g/mol. The van der Waals surface area contributed by atoms with Crippen LogP contribution in [0.25, 0.3) is 0 Å². The number of nitrogens with zero attached hydrogens (tertiary/aromatic N) is 1. The van der Waals surface area contributed by atoms with E-state index in [1.807, 2.05) is 0 Å². The Labute approximate surface area is 120 Å². The molecule has 2 atom stereocenters. The second kappa shape index (κ2) is 5.96. The smallest absolute Gasteiger partial charge is 0.303 e. The minimum absolute atomic E-state index is 0.333. The maximum Gasteiger partial charge on any atom is 0.303 e. The predicted octanol–water partition coefficient (Wildman–Crippen LogP) is 3.12. The molecule has 1 saturated heterocycles. The summed E-state index contributed by atoms with van der Waals surface area (Å²) in [5, 5.41) is 8.86. The fourth-order valence-corrected chi connectivity index (χ4v) is 3.89. The first-order valence-corrected chi connectivity index (χ1v) is 7.75. The molecule has 0 spiro atoms. The largest absolute Gasteiger partial charge is 0.481 e. The Kier molecular flexibility index (Phi) is 4.06. The number of likely N-dealkylation sites (tertiary alicyclic amines) is 1. The first-order chi connectivity index (χ1) is 9.74. The zero-order valence-corrected chi connectivity index (χ0v) is 11.9. The van der Waals surface area contributed by atoms with Gasteiger partial charge in [0.15, 0.2) is 0 Å². The lowest BCUT2D eigenvalue weighted by molar-refractivity contribution is -0.140. The summed E-state index contributed by atoms with van der Waals surface area (Å²) in [5.41, 5.74) is 1.46. The summed E-state index contributed by atoms with van der Waals surface area (Å²) < 4.78 is 0. The molecule has 2 unspecified atom stereocenters. The molecular formula is C17H23NO2. The standard InChI is InChI=1S/C17H23NO2/c19-17(20)10-13-11-18(12-13)16-9-5-4-8-15(16)14-6-2-1-3-7-14/h1-3,6-7,13,15-16H,4-5,8-12H2,(H,19,20). The average Bonchev–Trinajstić information content (AvgIpc) is 2.43. The molecule has 1 heterocycles. The van der Waals surface area contributed by atoms with Gasteiger partial charge in [0.2, 0.25) is 0 Å². The molecule has 1 N–H and O–H groups in total. The van der Waals surface area contributed by atoms with Gasteiger partial charge in [0, 0.05) is 19.1 Å². The molecule has 108 valence electrons. The van der Waals surface area contributed by atoms with Crippen LogP contribution in [0.4, 0.5) is 0 Å². The Morgan fingerprint density at radius 3 is 2.55 bits per heavy atom. The Morgan fingerprint density at radius 1 is 1.15 bits per heavy atom. The van der Waals surface area contributed by atoms with Crippen LogP contribution >= 0.6 is 0 Å². The highest BCUT2D eigenvalue weighted by Gasteiger charge is 2.38. The van der Waals surface area contributed by atoms with E-state index in [-0.39, 0.29) is 0 Å². The molecule has 2 aliphatic rings. The Hall–Kier alpha value is -1.35. The van der Waals surface area contributed by atoms with Crippen molar-refractivity contribution in [1.82, 2.24) is 4.90 Å². The lowest BCUT2D eigenvalue weighted by atomic mass is 9.77. The molecule has 0 amide bonds. The second-order valence-electron chi connectivity index (χ2n) is 6.29. The minimum Gasteiger partial charge on any atom is -0.481 e. The van der Waals surface area contributed by atoms with Crippen molar-refractivity contribution in [2.45, 2.75) is 44.1 Å². The fraction of sp³-hybridized carbons (Fsp3) is 0.588. The number of carboxylic acids is 1. The Morgan fingerprint density at radius 2 is 1.85 bits per heavy atom. The zero-order valence-electron chi connectivity index (χ0n) is 11.9. The molecule has 1 aromatic rings. The van der Waals surface area contributed by atoms with Crippen LogP contribution in [-0.4, -0.2) is 35.1 Å². The van der Waals surface area contributed by atoms with Crippen molar-refractivity contribution in [3.63, 3.8) is 0 Å². The lowest BCUT2D eigenvalue weighted by Crippen LogP contribution is -2.55. The first-order valence-electron chi connectivity index (χ1n) is 7.75. The van der Waals surface area contributed by atoms with Crippen molar-refractivity contribution in [1.29, 1.82) is 0 Å². The van der Waals surface area contributed by atoms with Crippen LogP contribution in [0.3, 0.4) is 0 Å². The van der Waals surface area contributed by atoms with E-state index in [0.29, 0.717) is 24.3 Å². The Bertz CT molecular complexity index is 453. The molecule has 0 aromatic heterocycles. The molecule has 1 aliphatic heterocycles. The van der Waals surface area contributed by atoms with Crippen molar-refractivity contribution < 1.29 is 9.90 Å². The van der Waals surface area contributed by atoms with Gasteiger partial charge in [-0.15, -0.1) is 0 Å². The van der Waals surface area contributed by atoms with Crippen molar-refractivity contribution in [2.75, 3.05) is 13.1 Å². The molecular weight excluding hydrogens is 250 g/mol. The number of aliphatic carboxylic acids is 1. The summed E-state index contributed by atoms with van der Waals surface area (Å²) in [6.07, 6.45) is 5.50. The lowest BCUT2D eigenvalue weighted by Gasteiger charge is -2.48. The van der Waals surface area contributed by atoms with Crippen LogP contribution in [0.5, 0.6) is 0 Å². The van der Waals surface area contributed by atoms with Crippen molar-refractivity contribution in [3.8, 4) is 0 Å². The number of hydrogen-bond acceptors (Lipinski definition) is 2. The molecule has 0 radical (unpaired) electrons. The van der Waals surface area contributed by atoms with E-state index >= 15 is 0 Å². The predicted molar refractivity (Wildman–Crippen MR) is 78.8 cm³/mol. The molecule has 3 rings (SSSR count). The van der Waals surface area contributed by atoms with E-state index in [2.05, 4.69) is 35.2 Å². The van der Waals surface area contributed by atoms with E-state index in [4.69, 9.17) is 5.11 Å². The number of rotatable bonds is 4. The maximum atomic E-state index is 10.8. The summed E-state index contributed by atoms with van der Waals surface area (Å²) in [6, 6.07) is 11.5. The molecule has 3 heteroatoms. The van der Waals surface area contributed by atoms with E-state index in [0.717, 1.165) is 13.1 Å².